The van der Waals surface area contributed by atoms with Gasteiger partial charge in [-0.25, -0.2) is 0 Å². The highest BCUT2D eigenvalue weighted by Gasteiger charge is 2.34. The Hall–Kier alpha value is -0.0800. The second-order valence-corrected chi connectivity index (χ2v) is 8.91. The van der Waals surface area contributed by atoms with E-state index in [1.807, 2.05) is 0 Å². The van der Waals surface area contributed by atoms with Crippen molar-refractivity contribution in [3.05, 3.63) is 0 Å². The van der Waals surface area contributed by atoms with E-state index in [0.29, 0.717) is 11.3 Å². The molecule has 0 heterocycles. The first-order valence-electron chi connectivity index (χ1n) is 8.36. The van der Waals surface area contributed by atoms with Crippen molar-refractivity contribution in [3.63, 3.8) is 0 Å². The predicted octanol–water partition coefficient (Wildman–Crippen LogP) is 5.00. The molecule has 0 spiro atoms. The maximum Gasteiger partial charge on any atom is 0.159 e. The molecule has 1 unspecified atom stereocenters. The largest absolute Gasteiger partial charge is 0.367 e. The Kier molecular flexibility index (Phi) is 6.10. The number of aliphatic hydroxyl groups excluding tert-OH is 1. The van der Waals surface area contributed by atoms with Crippen molar-refractivity contribution < 1.29 is 9.84 Å². The molecule has 1 aliphatic carbocycles. The summed E-state index contributed by atoms with van der Waals surface area (Å²) >= 11 is 0. The van der Waals surface area contributed by atoms with E-state index in [-0.39, 0.29) is 11.5 Å². The summed E-state index contributed by atoms with van der Waals surface area (Å²) in [4.78, 5) is 0. The Morgan fingerprint density at radius 2 is 1.50 bits per heavy atom. The fourth-order valence-corrected chi connectivity index (χ4v) is 3.58. The van der Waals surface area contributed by atoms with E-state index in [2.05, 4.69) is 48.5 Å². The maximum absolute atomic E-state index is 10.4. The van der Waals surface area contributed by atoms with Gasteiger partial charge >= 0.3 is 0 Å². The molecule has 0 amide bonds. The van der Waals surface area contributed by atoms with Gasteiger partial charge in [0.25, 0.3) is 0 Å². The molecule has 0 aliphatic heterocycles. The molecule has 0 aromatic heterocycles. The van der Waals surface area contributed by atoms with Crippen molar-refractivity contribution >= 4 is 0 Å². The third kappa shape index (κ3) is 5.37. The Labute approximate surface area is 126 Å². The molecule has 0 bridgehead atoms. The van der Waals surface area contributed by atoms with Gasteiger partial charge in [-0.1, -0.05) is 48.5 Å². The van der Waals surface area contributed by atoms with Gasteiger partial charge in [0.15, 0.2) is 6.29 Å². The standard InChI is InChI=1S/C18H36O2/c1-13(2)12-18(6,7)16(19)20-15-10-8-14(9-11-15)17(3,4)5/h13-16,19H,8-12H2,1-7H3. The van der Waals surface area contributed by atoms with Crippen molar-refractivity contribution in [2.24, 2.45) is 22.7 Å². The Morgan fingerprint density at radius 3 is 1.90 bits per heavy atom. The first kappa shape index (κ1) is 18.0. The van der Waals surface area contributed by atoms with Crippen LogP contribution in [0.15, 0.2) is 0 Å². The Bertz CT molecular complexity index is 280. The van der Waals surface area contributed by atoms with Gasteiger partial charge in [-0.15, -0.1) is 0 Å². The van der Waals surface area contributed by atoms with Crippen LogP contribution in [-0.2, 0) is 4.74 Å². The van der Waals surface area contributed by atoms with Crippen LogP contribution in [0.5, 0.6) is 0 Å². The molecule has 0 aromatic carbocycles. The minimum absolute atomic E-state index is 0.158. The molecule has 0 saturated heterocycles. The molecule has 0 radical (unpaired) electrons. The van der Waals surface area contributed by atoms with E-state index in [4.69, 9.17) is 4.74 Å². The minimum atomic E-state index is -0.638. The van der Waals surface area contributed by atoms with Crippen LogP contribution in [-0.4, -0.2) is 17.5 Å². The number of ether oxygens (including phenoxy) is 1. The van der Waals surface area contributed by atoms with Gasteiger partial charge in [-0.3, -0.25) is 0 Å². The summed E-state index contributed by atoms with van der Waals surface area (Å²) in [5.41, 5.74) is 0.246. The second kappa shape index (κ2) is 6.79. The molecule has 1 fully saturated rings. The van der Waals surface area contributed by atoms with E-state index < -0.39 is 6.29 Å². The minimum Gasteiger partial charge on any atom is -0.367 e. The van der Waals surface area contributed by atoms with Crippen LogP contribution in [0, 0.1) is 22.7 Å². The fraction of sp³-hybridized carbons (Fsp3) is 1.00. The topological polar surface area (TPSA) is 29.5 Å². The fourth-order valence-electron chi connectivity index (χ4n) is 3.58. The lowest BCUT2D eigenvalue weighted by Gasteiger charge is -2.39. The van der Waals surface area contributed by atoms with Crippen molar-refractivity contribution in [2.75, 3.05) is 0 Å². The van der Waals surface area contributed by atoms with E-state index >= 15 is 0 Å². The monoisotopic (exact) mass is 284 g/mol. The molecule has 120 valence electrons. The quantitative estimate of drug-likeness (QED) is 0.720. The van der Waals surface area contributed by atoms with Crippen LogP contribution in [0.3, 0.4) is 0 Å². The highest BCUT2D eigenvalue weighted by Crippen LogP contribution is 2.40. The molecule has 1 N–H and O–H groups in total. The summed E-state index contributed by atoms with van der Waals surface area (Å²) in [6.07, 6.45) is 5.24. The predicted molar refractivity (Wildman–Crippen MR) is 85.5 cm³/mol. The van der Waals surface area contributed by atoms with Gasteiger partial charge in [0.2, 0.25) is 0 Å². The van der Waals surface area contributed by atoms with Gasteiger partial charge in [-0.05, 0) is 49.4 Å². The molecule has 2 nitrogen and oxygen atoms in total. The molecule has 1 rings (SSSR count). The number of rotatable bonds is 5. The summed E-state index contributed by atoms with van der Waals surface area (Å²) in [7, 11) is 0. The number of hydrogen-bond donors (Lipinski definition) is 1. The molecule has 1 aliphatic rings. The molecular formula is C18H36O2. The van der Waals surface area contributed by atoms with Gasteiger partial charge < -0.3 is 9.84 Å². The van der Waals surface area contributed by atoms with Gasteiger partial charge in [0.05, 0.1) is 6.10 Å². The van der Waals surface area contributed by atoms with Crippen molar-refractivity contribution in [3.8, 4) is 0 Å². The molecular weight excluding hydrogens is 248 g/mol. The lowest BCUT2D eigenvalue weighted by Crippen LogP contribution is -2.38. The van der Waals surface area contributed by atoms with E-state index in [1.165, 1.54) is 12.8 Å². The molecule has 20 heavy (non-hydrogen) atoms. The van der Waals surface area contributed by atoms with Crippen LogP contribution < -0.4 is 0 Å². The summed E-state index contributed by atoms with van der Waals surface area (Å²) in [6.45, 7) is 15.6. The SMILES string of the molecule is CC(C)CC(C)(C)C(O)OC1CCC(C(C)(C)C)CC1. The number of aliphatic hydroxyl groups is 1. The average molecular weight is 284 g/mol. The van der Waals surface area contributed by atoms with Crippen molar-refractivity contribution in [1.29, 1.82) is 0 Å². The first-order valence-corrected chi connectivity index (χ1v) is 8.36. The lowest BCUT2D eigenvalue weighted by atomic mass is 9.72. The molecule has 1 atom stereocenters. The number of hydrogen-bond acceptors (Lipinski definition) is 2. The third-order valence-electron chi connectivity index (χ3n) is 4.82. The van der Waals surface area contributed by atoms with E-state index in [0.717, 1.165) is 25.2 Å². The highest BCUT2D eigenvalue weighted by atomic mass is 16.6. The highest BCUT2D eigenvalue weighted by molar-refractivity contribution is 4.82. The normalized spacial score (nSPS) is 26.9. The lowest BCUT2D eigenvalue weighted by molar-refractivity contribution is -0.204. The first-order chi connectivity index (χ1) is 9.02. The van der Waals surface area contributed by atoms with Crippen molar-refractivity contribution in [2.45, 2.75) is 93.0 Å². The maximum atomic E-state index is 10.4. The van der Waals surface area contributed by atoms with Crippen LogP contribution in [0.25, 0.3) is 0 Å². The van der Waals surface area contributed by atoms with Crippen molar-refractivity contribution in [1.82, 2.24) is 0 Å². The molecule has 0 aromatic rings. The van der Waals surface area contributed by atoms with Gasteiger partial charge in [0, 0.05) is 5.41 Å². The van der Waals surface area contributed by atoms with Crippen LogP contribution in [0.2, 0.25) is 0 Å². The zero-order valence-corrected chi connectivity index (χ0v) is 14.7. The zero-order chi connectivity index (χ0) is 15.6. The van der Waals surface area contributed by atoms with E-state index in [1.54, 1.807) is 0 Å². The summed E-state index contributed by atoms with van der Waals surface area (Å²) in [6, 6.07) is 0. The smallest absolute Gasteiger partial charge is 0.159 e. The molecule has 2 heteroatoms. The average Bonchev–Trinajstić information content (AvgIpc) is 2.26. The summed E-state index contributed by atoms with van der Waals surface area (Å²) < 4.78 is 5.97. The summed E-state index contributed by atoms with van der Waals surface area (Å²) in [5.74, 6) is 1.38. The van der Waals surface area contributed by atoms with Crippen LogP contribution >= 0.6 is 0 Å². The van der Waals surface area contributed by atoms with Crippen LogP contribution in [0.4, 0.5) is 0 Å². The van der Waals surface area contributed by atoms with Gasteiger partial charge in [0.1, 0.15) is 0 Å². The molecule has 1 saturated carbocycles. The third-order valence-corrected chi connectivity index (χ3v) is 4.82. The zero-order valence-electron chi connectivity index (χ0n) is 14.7. The van der Waals surface area contributed by atoms with Gasteiger partial charge in [-0.2, -0.15) is 0 Å². The Balaban J connectivity index is 2.43. The Morgan fingerprint density at radius 1 is 1.00 bits per heavy atom. The second-order valence-electron chi connectivity index (χ2n) is 8.91. The summed E-state index contributed by atoms with van der Waals surface area (Å²) in [5, 5.41) is 10.4. The van der Waals surface area contributed by atoms with Crippen LogP contribution in [0.1, 0.15) is 80.6 Å². The van der Waals surface area contributed by atoms with E-state index in [9.17, 15) is 5.11 Å².